The minimum Gasteiger partial charge on any atom is -0.343 e. The van der Waals surface area contributed by atoms with E-state index >= 15 is 0 Å². The van der Waals surface area contributed by atoms with Gasteiger partial charge in [0.05, 0.1) is 12.1 Å². The normalized spacial score (nSPS) is 23.7. The third-order valence-corrected chi connectivity index (χ3v) is 7.56. The van der Waals surface area contributed by atoms with Crippen LogP contribution in [0.2, 0.25) is 0 Å². The van der Waals surface area contributed by atoms with Gasteiger partial charge in [0.25, 0.3) is 0 Å². The molecular weight excluding hydrogens is 452 g/mol. The summed E-state index contributed by atoms with van der Waals surface area (Å²) in [5.74, 6) is -0.631. The molecule has 0 bridgehead atoms. The third-order valence-electron chi connectivity index (χ3n) is 7.56. The van der Waals surface area contributed by atoms with Gasteiger partial charge in [0.2, 0.25) is 17.7 Å². The highest BCUT2D eigenvalue weighted by molar-refractivity contribution is 5.94. The lowest BCUT2D eigenvalue weighted by molar-refractivity contribution is -0.144. The Morgan fingerprint density at radius 3 is 2.33 bits per heavy atom. The number of nitrogens with one attached hydrogen (secondary N) is 2. The van der Waals surface area contributed by atoms with E-state index in [-0.39, 0.29) is 29.8 Å². The van der Waals surface area contributed by atoms with Crippen LogP contribution in [0.15, 0.2) is 54.6 Å². The topological polar surface area (TPSA) is 105 Å². The van der Waals surface area contributed by atoms with E-state index in [2.05, 4.69) is 10.6 Å². The number of fused-ring (bicyclic) bond motifs is 1. The Morgan fingerprint density at radius 1 is 0.972 bits per heavy atom. The quantitative estimate of drug-likeness (QED) is 0.554. The molecule has 2 heterocycles. The predicted molar refractivity (Wildman–Crippen MR) is 140 cm³/mol. The van der Waals surface area contributed by atoms with E-state index in [9.17, 15) is 14.4 Å². The number of benzene rings is 2. The lowest BCUT2D eigenvalue weighted by atomic mass is 9.97. The summed E-state index contributed by atoms with van der Waals surface area (Å²) in [6, 6.07) is 15.9. The van der Waals surface area contributed by atoms with Crippen LogP contribution in [-0.4, -0.2) is 46.8 Å². The van der Waals surface area contributed by atoms with Crippen molar-refractivity contribution in [2.45, 2.75) is 89.0 Å². The van der Waals surface area contributed by atoms with Crippen LogP contribution in [-0.2, 0) is 14.4 Å². The summed E-state index contributed by atoms with van der Waals surface area (Å²) in [4.78, 5) is 41.7. The Kier molecular flexibility index (Phi) is 8.41. The Bertz CT molecular complexity index is 1060. The maximum Gasteiger partial charge on any atom is 0.246 e. The fourth-order valence-corrected chi connectivity index (χ4v) is 5.39. The van der Waals surface area contributed by atoms with Gasteiger partial charge in [0.15, 0.2) is 0 Å². The van der Waals surface area contributed by atoms with Crippen LogP contribution in [0.25, 0.3) is 0 Å². The summed E-state index contributed by atoms with van der Waals surface area (Å²) in [6.45, 7) is 3.88. The maximum atomic E-state index is 13.7. The molecule has 4 N–H and O–H groups in total. The Morgan fingerprint density at radius 2 is 1.64 bits per heavy atom. The monoisotopic (exact) mass is 490 g/mol. The molecule has 2 aromatic carbocycles. The van der Waals surface area contributed by atoms with Gasteiger partial charge in [0, 0.05) is 6.04 Å². The fourth-order valence-electron chi connectivity index (χ4n) is 5.39. The first-order chi connectivity index (χ1) is 17.4. The number of carbonyl (C=O) groups excluding carboxylic acids is 3. The molecule has 2 aliphatic heterocycles. The molecule has 4 rings (SSSR count). The summed E-state index contributed by atoms with van der Waals surface area (Å²) in [7, 11) is 0. The van der Waals surface area contributed by atoms with Crippen LogP contribution in [0, 0.1) is 6.92 Å². The molecule has 192 valence electrons. The Hall–Kier alpha value is -3.19. The number of amides is 3. The zero-order valence-electron chi connectivity index (χ0n) is 21.3. The second-order valence-corrected chi connectivity index (χ2v) is 10.1. The van der Waals surface area contributed by atoms with Gasteiger partial charge in [-0.3, -0.25) is 14.4 Å². The second kappa shape index (κ2) is 11.7. The molecule has 0 aliphatic carbocycles. The average molecular weight is 491 g/mol. The number of carbonyl (C=O) groups is 3. The summed E-state index contributed by atoms with van der Waals surface area (Å²) >= 11 is 0. The first-order valence-electron chi connectivity index (χ1n) is 13.2. The lowest BCUT2D eigenvalue weighted by Crippen LogP contribution is -2.58. The molecule has 2 aliphatic rings. The summed E-state index contributed by atoms with van der Waals surface area (Å²) < 4.78 is 0. The van der Waals surface area contributed by atoms with Crippen molar-refractivity contribution in [2.24, 2.45) is 5.73 Å². The molecule has 0 spiro atoms. The molecule has 5 atom stereocenters. The van der Waals surface area contributed by atoms with Crippen LogP contribution in [0.5, 0.6) is 0 Å². The van der Waals surface area contributed by atoms with Crippen LogP contribution in [0.1, 0.15) is 74.6 Å². The van der Waals surface area contributed by atoms with Gasteiger partial charge in [-0.25, -0.2) is 0 Å². The van der Waals surface area contributed by atoms with Crippen LogP contribution < -0.4 is 16.4 Å². The van der Waals surface area contributed by atoms with E-state index in [1.54, 1.807) is 4.90 Å². The summed E-state index contributed by atoms with van der Waals surface area (Å²) in [5.41, 5.74) is 9.04. The minimum atomic E-state index is -0.645. The predicted octanol–water partition coefficient (Wildman–Crippen LogP) is 3.36. The fraction of sp³-hybridized carbons (Fsp3) is 0.483. The van der Waals surface area contributed by atoms with Gasteiger partial charge in [-0.05, 0) is 50.2 Å². The molecule has 36 heavy (non-hydrogen) atoms. The van der Waals surface area contributed by atoms with Gasteiger partial charge in [-0.2, -0.15) is 0 Å². The van der Waals surface area contributed by atoms with Crippen molar-refractivity contribution in [2.75, 3.05) is 0 Å². The lowest BCUT2D eigenvalue weighted by Gasteiger charge is -2.36. The molecule has 3 amide bonds. The first-order valence-corrected chi connectivity index (χ1v) is 13.2. The third kappa shape index (κ3) is 5.78. The molecule has 0 unspecified atom stereocenters. The molecule has 7 nitrogen and oxygen atoms in total. The number of aryl methyl sites for hydroxylation is 1. The van der Waals surface area contributed by atoms with Gasteiger partial charge in [0.1, 0.15) is 12.1 Å². The van der Waals surface area contributed by atoms with Gasteiger partial charge in [-0.15, -0.1) is 0 Å². The smallest absolute Gasteiger partial charge is 0.246 e. The second-order valence-electron chi connectivity index (χ2n) is 10.1. The zero-order chi connectivity index (χ0) is 25.7. The van der Waals surface area contributed by atoms with E-state index in [4.69, 9.17) is 5.73 Å². The molecule has 0 aromatic heterocycles. The molecule has 2 saturated heterocycles. The van der Waals surface area contributed by atoms with Gasteiger partial charge in [-0.1, -0.05) is 79.9 Å². The van der Waals surface area contributed by atoms with Crippen molar-refractivity contribution in [3.63, 3.8) is 0 Å². The highest BCUT2D eigenvalue weighted by Crippen LogP contribution is 2.32. The number of nitrogens with two attached hydrogens (primary N) is 1. The highest BCUT2D eigenvalue weighted by atomic mass is 16.2. The van der Waals surface area contributed by atoms with Crippen molar-refractivity contribution >= 4 is 17.7 Å². The molecule has 2 fully saturated rings. The molecule has 0 saturated carbocycles. The summed E-state index contributed by atoms with van der Waals surface area (Å²) in [5, 5.41) is 6.11. The van der Waals surface area contributed by atoms with Crippen LogP contribution >= 0.6 is 0 Å². The average Bonchev–Trinajstić information content (AvgIpc) is 3.31. The van der Waals surface area contributed by atoms with E-state index in [1.807, 2.05) is 68.4 Å². The van der Waals surface area contributed by atoms with E-state index in [0.29, 0.717) is 19.3 Å². The number of hydrogen-bond donors (Lipinski definition) is 3. The van der Waals surface area contributed by atoms with Gasteiger partial charge >= 0.3 is 0 Å². The highest BCUT2D eigenvalue weighted by Gasteiger charge is 2.44. The molecular formula is C29H38N4O3. The Labute approximate surface area is 213 Å². The summed E-state index contributed by atoms with van der Waals surface area (Å²) in [6.07, 6.45) is 5.18. The van der Waals surface area contributed by atoms with Crippen molar-refractivity contribution in [1.82, 2.24) is 15.5 Å². The Balaban J connectivity index is 1.56. The molecule has 0 radical (unpaired) electrons. The maximum absolute atomic E-state index is 13.7. The minimum absolute atomic E-state index is 0.0161. The molecule has 7 heteroatoms. The van der Waals surface area contributed by atoms with E-state index < -0.39 is 18.1 Å². The van der Waals surface area contributed by atoms with Crippen molar-refractivity contribution in [1.29, 1.82) is 0 Å². The SMILES string of the molecule is CC[C@H](N)C(=O)N[C@H]1CCCC[C@H]2CC[C@@H](C(=O)N[C@@H](c3ccccc3)c3ccc(C)cc3)N2C1=O. The van der Waals surface area contributed by atoms with Crippen molar-refractivity contribution in [3.8, 4) is 0 Å². The van der Waals surface area contributed by atoms with E-state index in [1.165, 1.54) is 0 Å². The standard InChI is InChI=1S/C29H38N4O3/c1-3-23(30)27(34)31-24-12-8-7-11-22-17-18-25(33(22)29(24)36)28(35)32-26(20-9-5-4-6-10-20)21-15-13-19(2)14-16-21/h4-6,9-10,13-16,22-26H,3,7-8,11-12,17-18,30H2,1-2H3,(H,31,34)(H,32,35)/t22-,23-,24-,25-,26-/m0/s1. The van der Waals surface area contributed by atoms with Crippen molar-refractivity contribution < 1.29 is 14.4 Å². The largest absolute Gasteiger partial charge is 0.343 e. The zero-order valence-corrected chi connectivity index (χ0v) is 21.3. The number of rotatable bonds is 7. The number of nitrogens with zero attached hydrogens (tertiary/aromatic N) is 1. The van der Waals surface area contributed by atoms with Crippen molar-refractivity contribution in [3.05, 3.63) is 71.3 Å². The molecule has 2 aromatic rings. The first kappa shape index (κ1) is 25.9. The van der Waals surface area contributed by atoms with Gasteiger partial charge < -0.3 is 21.3 Å². The van der Waals surface area contributed by atoms with E-state index in [0.717, 1.165) is 42.4 Å². The number of hydrogen-bond acceptors (Lipinski definition) is 4. The van der Waals surface area contributed by atoms with Crippen LogP contribution in [0.4, 0.5) is 0 Å². The van der Waals surface area contributed by atoms with Crippen LogP contribution in [0.3, 0.4) is 0 Å².